The number of nitriles is 1. The van der Waals surface area contributed by atoms with E-state index in [1.165, 1.54) is 17.0 Å². The maximum atomic E-state index is 13.3. The average Bonchev–Trinajstić information content (AvgIpc) is 3.24. The van der Waals surface area contributed by atoms with E-state index >= 15 is 0 Å². The summed E-state index contributed by atoms with van der Waals surface area (Å²) in [6.07, 6.45) is 2.71. The second kappa shape index (κ2) is 10.3. The van der Waals surface area contributed by atoms with E-state index in [2.05, 4.69) is 16.3 Å². The monoisotopic (exact) mass is 504 g/mol. The zero-order valence-electron chi connectivity index (χ0n) is 20.5. The van der Waals surface area contributed by atoms with Crippen molar-refractivity contribution < 1.29 is 23.5 Å². The lowest BCUT2D eigenvalue weighted by molar-refractivity contribution is -0.136. The fourth-order valence-corrected chi connectivity index (χ4v) is 5.56. The van der Waals surface area contributed by atoms with E-state index in [4.69, 9.17) is 4.74 Å². The van der Waals surface area contributed by atoms with Crippen molar-refractivity contribution >= 4 is 17.7 Å². The van der Waals surface area contributed by atoms with Crippen molar-refractivity contribution in [3.8, 4) is 11.8 Å². The van der Waals surface area contributed by atoms with Gasteiger partial charge in [-0.3, -0.25) is 19.7 Å². The summed E-state index contributed by atoms with van der Waals surface area (Å²) in [5, 5.41) is 12.2. The maximum Gasteiger partial charge on any atom is 0.255 e. The van der Waals surface area contributed by atoms with Crippen molar-refractivity contribution in [1.82, 2.24) is 15.1 Å². The van der Waals surface area contributed by atoms with E-state index in [1.807, 2.05) is 6.07 Å². The molecule has 3 aliphatic rings. The van der Waals surface area contributed by atoms with Crippen molar-refractivity contribution in [3.05, 3.63) is 65.0 Å². The lowest BCUT2D eigenvalue weighted by atomic mass is 9.74. The van der Waals surface area contributed by atoms with Gasteiger partial charge in [-0.25, -0.2) is 4.39 Å². The van der Waals surface area contributed by atoms with Gasteiger partial charge in [0.15, 0.2) is 0 Å². The Balaban J connectivity index is 1.13. The Morgan fingerprint density at radius 3 is 2.57 bits per heavy atom. The third-order valence-corrected chi connectivity index (χ3v) is 7.74. The quantitative estimate of drug-likeness (QED) is 0.460. The number of amides is 3. The normalized spacial score (nSPS) is 21.4. The Morgan fingerprint density at radius 2 is 1.86 bits per heavy atom. The lowest BCUT2D eigenvalue weighted by Gasteiger charge is -2.37. The van der Waals surface area contributed by atoms with Gasteiger partial charge in [0.25, 0.3) is 5.91 Å². The van der Waals surface area contributed by atoms with Gasteiger partial charge in [0.05, 0.1) is 24.6 Å². The molecule has 0 saturated carbocycles. The molecular formula is C28H29FN4O4. The van der Waals surface area contributed by atoms with Gasteiger partial charge in [-0.05, 0) is 68.6 Å². The van der Waals surface area contributed by atoms with Crippen LogP contribution in [0.25, 0.3) is 0 Å². The first-order valence-electron chi connectivity index (χ1n) is 12.7. The second-order valence-electron chi connectivity index (χ2n) is 9.93. The molecule has 1 atom stereocenters. The number of nitrogens with one attached hydrogen (secondary N) is 1. The van der Waals surface area contributed by atoms with Crippen LogP contribution in [0.1, 0.15) is 53.6 Å². The summed E-state index contributed by atoms with van der Waals surface area (Å²) in [4.78, 5) is 40.6. The van der Waals surface area contributed by atoms with Crippen molar-refractivity contribution in [2.75, 3.05) is 26.2 Å². The summed E-state index contributed by atoms with van der Waals surface area (Å²) < 4.78 is 19.4. The molecule has 37 heavy (non-hydrogen) atoms. The van der Waals surface area contributed by atoms with Crippen LogP contribution in [-0.2, 0) is 21.5 Å². The Labute approximate surface area is 215 Å². The SMILES string of the molecule is N#CC1(c2ccc(F)cc2)CCN(CCCOc2cccc3c2CN(C2CCC(=O)NC2=O)C3=O)CC1. The first-order chi connectivity index (χ1) is 17.9. The summed E-state index contributed by atoms with van der Waals surface area (Å²) in [6, 6.07) is 13.4. The van der Waals surface area contributed by atoms with E-state index < -0.39 is 17.4 Å². The largest absolute Gasteiger partial charge is 0.493 e. The molecular weight excluding hydrogens is 475 g/mol. The highest BCUT2D eigenvalue weighted by molar-refractivity contribution is 6.05. The zero-order valence-corrected chi connectivity index (χ0v) is 20.5. The van der Waals surface area contributed by atoms with E-state index in [9.17, 15) is 24.0 Å². The minimum Gasteiger partial charge on any atom is -0.493 e. The predicted molar refractivity (Wildman–Crippen MR) is 132 cm³/mol. The Kier molecular flexibility index (Phi) is 6.94. The fourth-order valence-electron chi connectivity index (χ4n) is 5.56. The topological polar surface area (TPSA) is 103 Å². The number of benzene rings is 2. The van der Waals surface area contributed by atoms with Gasteiger partial charge in [0, 0.05) is 24.1 Å². The van der Waals surface area contributed by atoms with E-state index in [1.54, 1.807) is 24.3 Å². The van der Waals surface area contributed by atoms with Crippen LogP contribution in [0.5, 0.6) is 5.75 Å². The van der Waals surface area contributed by atoms with Gasteiger partial charge < -0.3 is 14.5 Å². The molecule has 0 bridgehead atoms. The van der Waals surface area contributed by atoms with Gasteiger partial charge >= 0.3 is 0 Å². The first-order valence-corrected chi connectivity index (χ1v) is 12.7. The molecule has 9 heteroatoms. The average molecular weight is 505 g/mol. The molecule has 0 aliphatic carbocycles. The molecule has 8 nitrogen and oxygen atoms in total. The van der Waals surface area contributed by atoms with Crippen molar-refractivity contribution in [2.24, 2.45) is 0 Å². The van der Waals surface area contributed by atoms with Crippen LogP contribution in [0.4, 0.5) is 4.39 Å². The molecule has 2 aromatic carbocycles. The number of nitrogens with zero attached hydrogens (tertiary/aromatic N) is 3. The molecule has 0 aromatic heterocycles. The molecule has 2 fully saturated rings. The number of imide groups is 1. The van der Waals surface area contributed by atoms with Gasteiger partial charge in [0.1, 0.15) is 17.6 Å². The number of hydrogen-bond acceptors (Lipinski definition) is 6. The highest BCUT2D eigenvalue weighted by Crippen LogP contribution is 2.36. The predicted octanol–water partition coefficient (Wildman–Crippen LogP) is 2.91. The highest BCUT2D eigenvalue weighted by Gasteiger charge is 2.40. The number of rotatable bonds is 7. The van der Waals surface area contributed by atoms with Gasteiger partial charge in [-0.2, -0.15) is 5.26 Å². The van der Waals surface area contributed by atoms with Crippen LogP contribution in [0.3, 0.4) is 0 Å². The Morgan fingerprint density at radius 1 is 1.11 bits per heavy atom. The summed E-state index contributed by atoms with van der Waals surface area (Å²) in [6.45, 7) is 3.13. The molecule has 0 spiro atoms. The molecule has 192 valence electrons. The van der Waals surface area contributed by atoms with E-state index in [0.29, 0.717) is 37.2 Å². The molecule has 1 N–H and O–H groups in total. The molecule has 0 radical (unpaired) electrons. The minimum atomic E-state index is -0.653. The highest BCUT2D eigenvalue weighted by atomic mass is 19.1. The number of halogens is 1. The number of fused-ring (bicyclic) bond motifs is 1. The van der Waals surface area contributed by atoms with Crippen LogP contribution in [0, 0.1) is 17.1 Å². The number of ether oxygens (including phenoxy) is 1. The summed E-state index contributed by atoms with van der Waals surface area (Å²) in [7, 11) is 0. The number of carbonyl (C=O) groups is 3. The van der Waals surface area contributed by atoms with Crippen LogP contribution in [0.15, 0.2) is 42.5 Å². The molecule has 1 unspecified atom stereocenters. The summed E-state index contributed by atoms with van der Waals surface area (Å²) >= 11 is 0. The van der Waals surface area contributed by atoms with Crippen LogP contribution >= 0.6 is 0 Å². The number of likely N-dealkylation sites (tertiary alicyclic amines) is 1. The van der Waals surface area contributed by atoms with E-state index in [-0.39, 0.29) is 30.6 Å². The van der Waals surface area contributed by atoms with Crippen molar-refractivity contribution in [2.45, 2.75) is 50.1 Å². The minimum absolute atomic E-state index is 0.217. The van der Waals surface area contributed by atoms with E-state index in [0.717, 1.165) is 37.2 Å². The first kappa shape index (κ1) is 24.9. The standard InChI is InChI=1S/C28H29FN4O4/c29-20-7-5-19(6-8-20)28(18-30)11-14-32(15-12-28)13-2-16-37-24-4-1-3-21-22(24)17-33(27(21)36)23-9-10-25(34)31-26(23)35/h1,3-8,23H,2,9-17H2,(H,31,34,35). The van der Waals surface area contributed by atoms with Crippen molar-refractivity contribution in [3.63, 3.8) is 0 Å². The molecule has 2 aromatic rings. The Bertz CT molecular complexity index is 1250. The molecule has 5 rings (SSSR count). The molecule has 3 amide bonds. The third-order valence-electron chi connectivity index (χ3n) is 7.74. The maximum absolute atomic E-state index is 13.3. The zero-order chi connectivity index (χ0) is 26.0. The third kappa shape index (κ3) is 4.94. The van der Waals surface area contributed by atoms with Crippen molar-refractivity contribution in [1.29, 1.82) is 5.26 Å². The van der Waals surface area contributed by atoms with Gasteiger partial charge in [-0.1, -0.05) is 18.2 Å². The second-order valence-corrected chi connectivity index (χ2v) is 9.93. The fraction of sp³-hybridized carbons (Fsp3) is 0.429. The molecule has 3 heterocycles. The number of hydrogen-bond donors (Lipinski definition) is 1. The summed E-state index contributed by atoms with van der Waals surface area (Å²) in [5.74, 6) is -0.617. The lowest BCUT2D eigenvalue weighted by Crippen LogP contribution is -2.52. The molecule has 3 aliphatic heterocycles. The number of carbonyl (C=O) groups excluding carboxylic acids is 3. The van der Waals surface area contributed by atoms with Crippen LogP contribution < -0.4 is 10.1 Å². The smallest absolute Gasteiger partial charge is 0.255 e. The number of piperidine rings is 2. The van der Waals surface area contributed by atoms with Gasteiger partial charge in [0.2, 0.25) is 11.8 Å². The van der Waals surface area contributed by atoms with Gasteiger partial charge in [-0.15, -0.1) is 0 Å². The molecule has 2 saturated heterocycles. The summed E-state index contributed by atoms with van der Waals surface area (Å²) in [5.41, 5.74) is 1.60. The Hall–Kier alpha value is -3.77. The van der Waals surface area contributed by atoms with Crippen LogP contribution in [-0.4, -0.2) is 59.8 Å². The van der Waals surface area contributed by atoms with Crippen LogP contribution in [0.2, 0.25) is 0 Å².